The van der Waals surface area contributed by atoms with Crippen molar-refractivity contribution in [1.82, 2.24) is 10.2 Å². The summed E-state index contributed by atoms with van der Waals surface area (Å²) in [5.41, 5.74) is 0. The first kappa shape index (κ1) is 16.8. The molecular formula is C14H26N2O4. The Bertz CT molecular complexity index is 316. The van der Waals surface area contributed by atoms with E-state index in [-0.39, 0.29) is 13.2 Å². The molecule has 3 N–H and O–H groups in total. The number of nitrogens with zero attached hydrogens (tertiary/aromatic N) is 1. The van der Waals surface area contributed by atoms with Crippen LogP contribution in [0.5, 0.6) is 0 Å². The normalized spacial score (nSPS) is 17.5. The number of carbonyl (C=O) groups excluding carboxylic acids is 1. The molecule has 1 atom stereocenters. The van der Waals surface area contributed by atoms with Crippen LogP contribution in [0, 0.1) is 5.92 Å². The minimum Gasteiger partial charge on any atom is -0.480 e. The summed E-state index contributed by atoms with van der Waals surface area (Å²) in [7, 11) is 0. The molecule has 6 nitrogen and oxygen atoms in total. The summed E-state index contributed by atoms with van der Waals surface area (Å²) in [4.78, 5) is 24.2. The van der Waals surface area contributed by atoms with Gasteiger partial charge in [-0.1, -0.05) is 32.1 Å². The van der Waals surface area contributed by atoms with Gasteiger partial charge in [-0.15, -0.1) is 0 Å². The van der Waals surface area contributed by atoms with Crippen LogP contribution in [0.2, 0.25) is 0 Å². The number of carboxylic acid groups (broad SMARTS) is 1. The van der Waals surface area contributed by atoms with Crippen LogP contribution in [0.3, 0.4) is 0 Å². The number of rotatable bonds is 7. The minimum atomic E-state index is -1.06. The first-order valence-electron chi connectivity index (χ1n) is 7.43. The molecule has 116 valence electrons. The van der Waals surface area contributed by atoms with Crippen LogP contribution in [0.25, 0.3) is 0 Å². The molecule has 0 unspecified atom stereocenters. The maximum Gasteiger partial charge on any atom is 0.325 e. The van der Waals surface area contributed by atoms with Crippen molar-refractivity contribution in [2.24, 2.45) is 5.92 Å². The predicted octanol–water partition coefficient (Wildman–Crippen LogP) is 1.43. The van der Waals surface area contributed by atoms with E-state index in [1.165, 1.54) is 43.9 Å². The maximum absolute atomic E-state index is 12.0. The van der Waals surface area contributed by atoms with Gasteiger partial charge in [-0.3, -0.25) is 4.79 Å². The number of hydrogen-bond acceptors (Lipinski definition) is 3. The van der Waals surface area contributed by atoms with Crippen molar-refractivity contribution in [3.63, 3.8) is 0 Å². The first-order chi connectivity index (χ1) is 9.54. The lowest BCUT2D eigenvalue weighted by Gasteiger charge is -2.27. The van der Waals surface area contributed by atoms with Gasteiger partial charge in [-0.2, -0.15) is 0 Å². The molecule has 1 aliphatic rings. The molecule has 6 heteroatoms. The Hall–Kier alpha value is -1.30. The molecule has 2 amide bonds. The summed E-state index contributed by atoms with van der Waals surface area (Å²) in [5.74, 6) is -0.413. The van der Waals surface area contributed by atoms with Crippen LogP contribution < -0.4 is 5.32 Å². The molecule has 1 rings (SSSR count). The lowest BCUT2D eigenvalue weighted by Crippen LogP contribution is -2.48. The molecule has 0 bridgehead atoms. The van der Waals surface area contributed by atoms with E-state index in [0.29, 0.717) is 12.5 Å². The van der Waals surface area contributed by atoms with E-state index in [1.807, 2.05) is 0 Å². The molecule has 1 fully saturated rings. The van der Waals surface area contributed by atoms with E-state index in [4.69, 9.17) is 10.2 Å². The Balaban J connectivity index is 2.41. The lowest BCUT2D eigenvalue weighted by molar-refractivity contribution is -0.138. The molecule has 20 heavy (non-hydrogen) atoms. The number of urea groups is 1. The third-order valence-corrected chi connectivity index (χ3v) is 3.90. The quantitative estimate of drug-likeness (QED) is 0.660. The van der Waals surface area contributed by atoms with Crippen LogP contribution in [-0.4, -0.2) is 52.9 Å². The Kier molecular flexibility index (Phi) is 7.36. The highest BCUT2D eigenvalue weighted by atomic mass is 16.4. The minimum absolute atomic E-state index is 0.112. The highest BCUT2D eigenvalue weighted by molar-refractivity contribution is 5.82. The molecule has 0 aromatic rings. The van der Waals surface area contributed by atoms with E-state index in [0.717, 1.165) is 6.42 Å². The Morgan fingerprint density at radius 1 is 1.25 bits per heavy atom. The predicted molar refractivity (Wildman–Crippen MR) is 75.5 cm³/mol. The standard InChI is InChI=1S/C14H26N2O4/c1-11(13(18)19)15-14(20)16(9-10-17)8-7-12-5-3-2-4-6-12/h11-12,17H,2-10H2,1H3,(H,15,20)(H,18,19)/t11-/m0/s1. The van der Waals surface area contributed by atoms with Gasteiger partial charge in [0, 0.05) is 13.1 Å². The number of aliphatic hydroxyl groups excluding tert-OH is 1. The maximum atomic E-state index is 12.0. The summed E-state index contributed by atoms with van der Waals surface area (Å²) in [6.07, 6.45) is 7.16. The zero-order chi connectivity index (χ0) is 15.0. The Morgan fingerprint density at radius 2 is 1.90 bits per heavy atom. The zero-order valence-corrected chi connectivity index (χ0v) is 12.2. The van der Waals surface area contributed by atoms with Crippen molar-refractivity contribution >= 4 is 12.0 Å². The Morgan fingerprint density at radius 3 is 2.45 bits per heavy atom. The molecule has 0 saturated heterocycles. The van der Waals surface area contributed by atoms with Gasteiger partial charge in [-0.25, -0.2) is 4.79 Å². The fourth-order valence-corrected chi connectivity index (χ4v) is 2.59. The van der Waals surface area contributed by atoms with Gasteiger partial charge in [0.15, 0.2) is 0 Å². The van der Waals surface area contributed by atoms with Gasteiger partial charge >= 0.3 is 12.0 Å². The highest BCUT2D eigenvalue weighted by Crippen LogP contribution is 2.26. The molecule has 1 aliphatic carbocycles. The fraction of sp³-hybridized carbons (Fsp3) is 0.857. The smallest absolute Gasteiger partial charge is 0.325 e. The van der Waals surface area contributed by atoms with Crippen LogP contribution in [-0.2, 0) is 4.79 Å². The molecule has 1 saturated carbocycles. The molecule has 0 aromatic heterocycles. The first-order valence-corrected chi connectivity index (χ1v) is 7.43. The Labute approximate surface area is 120 Å². The van der Waals surface area contributed by atoms with Crippen molar-refractivity contribution in [3.05, 3.63) is 0 Å². The monoisotopic (exact) mass is 286 g/mol. The van der Waals surface area contributed by atoms with Gasteiger partial charge in [0.25, 0.3) is 0 Å². The van der Waals surface area contributed by atoms with Gasteiger partial charge in [0.1, 0.15) is 6.04 Å². The van der Waals surface area contributed by atoms with E-state index >= 15 is 0 Å². The highest BCUT2D eigenvalue weighted by Gasteiger charge is 2.20. The second kappa shape index (κ2) is 8.79. The summed E-state index contributed by atoms with van der Waals surface area (Å²) in [6, 6.07) is -1.33. The zero-order valence-electron chi connectivity index (χ0n) is 12.2. The third kappa shape index (κ3) is 5.77. The van der Waals surface area contributed by atoms with Crippen LogP contribution >= 0.6 is 0 Å². The van der Waals surface area contributed by atoms with Gasteiger partial charge in [-0.05, 0) is 19.3 Å². The van der Waals surface area contributed by atoms with Crippen LogP contribution in [0.1, 0.15) is 45.4 Å². The molecule has 0 aliphatic heterocycles. The number of carbonyl (C=O) groups is 2. The second-order valence-corrected chi connectivity index (χ2v) is 5.51. The number of aliphatic hydroxyl groups is 1. The molecule has 0 radical (unpaired) electrons. The third-order valence-electron chi connectivity index (χ3n) is 3.90. The van der Waals surface area contributed by atoms with Gasteiger partial charge in [0.05, 0.1) is 6.61 Å². The summed E-state index contributed by atoms with van der Waals surface area (Å²) in [5, 5.41) is 20.2. The largest absolute Gasteiger partial charge is 0.480 e. The van der Waals surface area contributed by atoms with Crippen molar-refractivity contribution < 1.29 is 19.8 Å². The number of hydrogen-bond donors (Lipinski definition) is 3. The molecular weight excluding hydrogens is 260 g/mol. The second-order valence-electron chi connectivity index (χ2n) is 5.51. The number of aliphatic carboxylic acids is 1. The van der Waals surface area contributed by atoms with Gasteiger partial charge in [0.2, 0.25) is 0 Å². The average molecular weight is 286 g/mol. The number of carboxylic acids is 1. The summed E-state index contributed by atoms with van der Waals surface area (Å²) >= 11 is 0. The van der Waals surface area contributed by atoms with Crippen molar-refractivity contribution in [2.45, 2.75) is 51.5 Å². The number of amides is 2. The number of nitrogens with one attached hydrogen (secondary N) is 1. The topological polar surface area (TPSA) is 89.9 Å². The molecule has 0 aromatic carbocycles. The van der Waals surface area contributed by atoms with Crippen LogP contribution in [0.4, 0.5) is 4.79 Å². The van der Waals surface area contributed by atoms with Crippen molar-refractivity contribution in [1.29, 1.82) is 0 Å². The van der Waals surface area contributed by atoms with E-state index in [9.17, 15) is 9.59 Å². The average Bonchev–Trinajstić information content (AvgIpc) is 2.44. The van der Waals surface area contributed by atoms with E-state index in [2.05, 4.69) is 5.32 Å². The molecule has 0 spiro atoms. The fourth-order valence-electron chi connectivity index (χ4n) is 2.59. The van der Waals surface area contributed by atoms with E-state index in [1.54, 1.807) is 0 Å². The SMILES string of the molecule is C[C@H](NC(=O)N(CCO)CCC1CCCCC1)C(=O)O. The van der Waals surface area contributed by atoms with Gasteiger partial charge < -0.3 is 20.4 Å². The lowest BCUT2D eigenvalue weighted by atomic mass is 9.87. The molecule has 0 heterocycles. The summed E-state index contributed by atoms with van der Waals surface area (Å²) < 4.78 is 0. The summed E-state index contributed by atoms with van der Waals surface area (Å²) in [6.45, 7) is 2.13. The van der Waals surface area contributed by atoms with E-state index < -0.39 is 18.0 Å². The van der Waals surface area contributed by atoms with Crippen LogP contribution in [0.15, 0.2) is 0 Å². The van der Waals surface area contributed by atoms with Crippen molar-refractivity contribution in [3.8, 4) is 0 Å². The van der Waals surface area contributed by atoms with Crippen molar-refractivity contribution in [2.75, 3.05) is 19.7 Å².